The van der Waals surface area contributed by atoms with Crippen LogP contribution in [0.4, 0.5) is 0 Å². The van der Waals surface area contributed by atoms with E-state index in [2.05, 4.69) is 5.32 Å². The molecule has 1 amide bonds. The highest BCUT2D eigenvalue weighted by molar-refractivity contribution is 5.85. The molecule has 1 aromatic carbocycles. The Bertz CT molecular complexity index is 498. The molecule has 0 spiro atoms. The van der Waals surface area contributed by atoms with Crippen LogP contribution in [0.25, 0.3) is 6.08 Å². The standard InChI is InChI=1S/C15H19NO3/c1-15(2,3)14(19)16-10-12-6-4-5-11(9-12)7-8-13(17)18/h4-9H,10H2,1-3H3,(H,16,19)(H,17,18)/b8-7+. The number of aliphatic carboxylic acids is 1. The number of hydrogen-bond donors (Lipinski definition) is 2. The molecule has 0 fully saturated rings. The molecular weight excluding hydrogens is 242 g/mol. The van der Waals surface area contributed by atoms with Crippen molar-refractivity contribution in [3.63, 3.8) is 0 Å². The predicted octanol–water partition coefficient (Wildman–Crippen LogP) is 2.45. The quantitative estimate of drug-likeness (QED) is 0.818. The fraction of sp³-hybridized carbons (Fsp3) is 0.333. The molecular formula is C15H19NO3. The van der Waals surface area contributed by atoms with Gasteiger partial charge in [0.15, 0.2) is 0 Å². The number of rotatable bonds is 4. The van der Waals surface area contributed by atoms with Gasteiger partial charge in [-0.2, -0.15) is 0 Å². The van der Waals surface area contributed by atoms with Crippen molar-refractivity contribution in [2.24, 2.45) is 5.41 Å². The summed E-state index contributed by atoms with van der Waals surface area (Å²) in [5.41, 5.74) is 1.32. The third kappa shape index (κ3) is 5.38. The molecule has 0 aliphatic carbocycles. The maximum absolute atomic E-state index is 11.7. The van der Waals surface area contributed by atoms with E-state index in [1.807, 2.05) is 45.0 Å². The summed E-state index contributed by atoms with van der Waals surface area (Å²) in [5.74, 6) is -0.995. The first-order chi connectivity index (χ1) is 8.79. The molecule has 19 heavy (non-hydrogen) atoms. The zero-order valence-corrected chi connectivity index (χ0v) is 11.4. The Hall–Kier alpha value is -2.10. The lowest BCUT2D eigenvalue weighted by atomic mass is 9.95. The van der Waals surface area contributed by atoms with E-state index < -0.39 is 11.4 Å². The van der Waals surface area contributed by atoms with Crippen LogP contribution in [0.1, 0.15) is 31.9 Å². The molecule has 1 rings (SSSR count). The van der Waals surface area contributed by atoms with Crippen LogP contribution >= 0.6 is 0 Å². The van der Waals surface area contributed by atoms with E-state index in [0.29, 0.717) is 6.54 Å². The van der Waals surface area contributed by atoms with Gasteiger partial charge in [-0.1, -0.05) is 39.0 Å². The van der Waals surface area contributed by atoms with Gasteiger partial charge in [-0.3, -0.25) is 4.79 Å². The van der Waals surface area contributed by atoms with Gasteiger partial charge in [0, 0.05) is 18.0 Å². The SMILES string of the molecule is CC(C)(C)C(=O)NCc1cccc(/C=C/C(=O)O)c1. The molecule has 102 valence electrons. The van der Waals surface area contributed by atoms with Gasteiger partial charge < -0.3 is 10.4 Å². The number of benzene rings is 1. The van der Waals surface area contributed by atoms with Gasteiger partial charge in [0.25, 0.3) is 0 Å². The summed E-state index contributed by atoms with van der Waals surface area (Å²) in [7, 11) is 0. The number of carbonyl (C=O) groups is 2. The topological polar surface area (TPSA) is 66.4 Å². The smallest absolute Gasteiger partial charge is 0.328 e. The summed E-state index contributed by atoms with van der Waals surface area (Å²) < 4.78 is 0. The summed E-state index contributed by atoms with van der Waals surface area (Å²) in [6, 6.07) is 7.39. The van der Waals surface area contributed by atoms with Gasteiger partial charge in [-0.05, 0) is 23.3 Å². The van der Waals surface area contributed by atoms with Crippen molar-refractivity contribution in [1.82, 2.24) is 5.32 Å². The minimum Gasteiger partial charge on any atom is -0.478 e. The van der Waals surface area contributed by atoms with Gasteiger partial charge in [0.2, 0.25) is 5.91 Å². The number of hydrogen-bond acceptors (Lipinski definition) is 2. The largest absolute Gasteiger partial charge is 0.478 e. The van der Waals surface area contributed by atoms with Crippen LogP contribution in [0.5, 0.6) is 0 Å². The van der Waals surface area contributed by atoms with E-state index in [4.69, 9.17) is 5.11 Å². The molecule has 1 aromatic rings. The molecule has 0 bridgehead atoms. The van der Waals surface area contributed by atoms with Crippen molar-refractivity contribution >= 4 is 18.0 Å². The fourth-order valence-corrected chi connectivity index (χ4v) is 1.42. The first-order valence-corrected chi connectivity index (χ1v) is 6.07. The molecule has 0 radical (unpaired) electrons. The van der Waals surface area contributed by atoms with Gasteiger partial charge in [-0.25, -0.2) is 4.79 Å². The van der Waals surface area contributed by atoms with Crippen molar-refractivity contribution in [3.05, 3.63) is 41.5 Å². The average Bonchev–Trinajstić information content (AvgIpc) is 2.32. The van der Waals surface area contributed by atoms with Gasteiger partial charge in [-0.15, -0.1) is 0 Å². The average molecular weight is 261 g/mol. The third-order valence-electron chi connectivity index (χ3n) is 2.50. The van der Waals surface area contributed by atoms with Crippen molar-refractivity contribution < 1.29 is 14.7 Å². The van der Waals surface area contributed by atoms with Crippen molar-refractivity contribution in [1.29, 1.82) is 0 Å². The maximum Gasteiger partial charge on any atom is 0.328 e. The van der Waals surface area contributed by atoms with E-state index in [-0.39, 0.29) is 5.91 Å². The Morgan fingerprint density at radius 1 is 1.32 bits per heavy atom. The Morgan fingerprint density at radius 2 is 2.00 bits per heavy atom. The Kier molecular flexibility index (Phi) is 4.87. The molecule has 0 heterocycles. The number of carboxylic acid groups (broad SMARTS) is 1. The fourth-order valence-electron chi connectivity index (χ4n) is 1.42. The van der Waals surface area contributed by atoms with Gasteiger partial charge >= 0.3 is 5.97 Å². The van der Waals surface area contributed by atoms with Crippen molar-refractivity contribution in [3.8, 4) is 0 Å². The van der Waals surface area contributed by atoms with E-state index >= 15 is 0 Å². The van der Waals surface area contributed by atoms with Crippen molar-refractivity contribution in [2.75, 3.05) is 0 Å². The van der Waals surface area contributed by atoms with E-state index in [1.165, 1.54) is 6.08 Å². The number of carbonyl (C=O) groups excluding carboxylic acids is 1. The van der Waals surface area contributed by atoms with Crippen LogP contribution in [0.3, 0.4) is 0 Å². The third-order valence-corrected chi connectivity index (χ3v) is 2.50. The summed E-state index contributed by atoms with van der Waals surface area (Å²) in [5, 5.41) is 11.4. The molecule has 0 aromatic heterocycles. The summed E-state index contributed by atoms with van der Waals surface area (Å²) in [6.07, 6.45) is 2.62. The highest BCUT2D eigenvalue weighted by Gasteiger charge is 2.20. The van der Waals surface area contributed by atoms with Crippen molar-refractivity contribution in [2.45, 2.75) is 27.3 Å². The first kappa shape index (κ1) is 15.0. The molecule has 2 N–H and O–H groups in total. The van der Waals surface area contributed by atoms with Crippen LogP contribution in [0.2, 0.25) is 0 Å². The lowest BCUT2D eigenvalue weighted by molar-refractivity contribution is -0.131. The molecule has 0 aliphatic rings. The monoisotopic (exact) mass is 261 g/mol. The first-order valence-electron chi connectivity index (χ1n) is 6.07. The molecule has 0 saturated heterocycles. The molecule has 4 heteroatoms. The molecule has 0 saturated carbocycles. The lowest BCUT2D eigenvalue weighted by Gasteiger charge is -2.17. The minimum absolute atomic E-state index is 0.0148. The summed E-state index contributed by atoms with van der Waals surface area (Å²) in [4.78, 5) is 22.2. The van der Waals surface area contributed by atoms with Crippen LogP contribution in [0.15, 0.2) is 30.3 Å². The van der Waals surface area contributed by atoms with E-state index in [0.717, 1.165) is 17.2 Å². The minimum atomic E-state index is -0.980. The van der Waals surface area contributed by atoms with Gasteiger partial charge in [0.1, 0.15) is 0 Å². The Labute approximate surface area is 113 Å². The van der Waals surface area contributed by atoms with Crippen LogP contribution < -0.4 is 5.32 Å². The highest BCUT2D eigenvalue weighted by atomic mass is 16.4. The molecule has 0 aliphatic heterocycles. The number of nitrogens with one attached hydrogen (secondary N) is 1. The van der Waals surface area contributed by atoms with Crippen LogP contribution in [0, 0.1) is 5.41 Å². The second kappa shape index (κ2) is 6.18. The van der Waals surface area contributed by atoms with E-state index in [1.54, 1.807) is 0 Å². The molecule has 0 atom stereocenters. The zero-order chi connectivity index (χ0) is 14.5. The maximum atomic E-state index is 11.7. The molecule has 4 nitrogen and oxygen atoms in total. The summed E-state index contributed by atoms with van der Waals surface area (Å²) >= 11 is 0. The number of carboxylic acids is 1. The van der Waals surface area contributed by atoms with Crippen LogP contribution in [-0.2, 0) is 16.1 Å². The number of amides is 1. The Balaban J connectivity index is 2.68. The van der Waals surface area contributed by atoms with Crippen LogP contribution in [-0.4, -0.2) is 17.0 Å². The molecule has 0 unspecified atom stereocenters. The second-order valence-electron chi connectivity index (χ2n) is 5.35. The van der Waals surface area contributed by atoms with E-state index in [9.17, 15) is 9.59 Å². The zero-order valence-electron chi connectivity index (χ0n) is 11.4. The second-order valence-corrected chi connectivity index (χ2v) is 5.35. The lowest BCUT2D eigenvalue weighted by Crippen LogP contribution is -2.34. The van der Waals surface area contributed by atoms with Gasteiger partial charge in [0.05, 0.1) is 0 Å². The Morgan fingerprint density at radius 3 is 2.58 bits per heavy atom. The predicted molar refractivity (Wildman–Crippen MR) is 74.4 cm³/mol. The normalized spacial score (nSPS) is 11.5. The summed E-state index contributed by atoms with van der Waals surface area (Å²) in [6.45, 7) is 6.00. The highest BCUT2D eigenvalue weighted by Crippen LogP contribution is 2.13.